The maximum atomic E-state index is 12.3. The smallest absolute Gasteiger partial charge is 0.313 e. The lowest BCUT2D eigenvalue weighted by molar-refractivity contribution is -0.144. The van der Waals surface area contributed by atoms with E-state index in [0.29, 0.717) is 5.69 Å². The molecular weight excluding hydrogens is 264 g/mol. The minimum Gasteiger partial charge on any atom is -0.335 e. The van der Waals surface area contributed by atoms with Crippen LogP contribution in [-0.2, 0) is 9.59 Å². The van der Waals surface area contributed by atoms with E-state index in [9.17, 15) is 9.59 Å². The number of likely N-dealkylation sites (N-methyl/N-ethyl adjacent to an activating group) is 1. The van der Waals surface area contributed by atoms with Crippen LogP contribution in [0.5, 0.6) is 0 Å². The molecule has 1 aromatic rings. The van der Waals surface area contributed by atoms with Crippen LogP contribution in [0.4, 0.5) is 5.69 Å². The van der Waals surface area contributed by atoms with E-state index in [1.807, 2.05) is 32.0 Å². The van der Waals surface area contributed by atoms with Gasteiger partial charge in [0.05, 0.1) is 0 Å². The molecule has 0 spiro atoms. The molecule has 114 valence electrons. The summed E-state index contributed by atoms with van der Waals surface area (Å²) < 4.78 is 0. The highest BCUT2D eigenvalue weighted by Gasteiger charge is 2.26. The van der Waals surface area contributed by atoms with Crippen molar-refractivity contribution in [3.8, 4) is 0 Å². The molecule has 21 heavy (non-hydrogen) atoms. The van der Waals surface area contributed by atoms with Gasteiger partial charge in [-0.3, -0.25) is 9.59 Å². The SMILES string of the molecule is Cc1cccc(NC(=O)C(=O)N(C)C2CCCCC2)c1C. The number of carbonyl (C=O) groups is 2. The molecule has 1 aromatic carbocycles. The first kappa shape index (κ1) is 15.5. The monoisotopic (exact) mass is 288 g/mol. The molecule has 1 aliphatic rings. The molecule has 2 rings (SSSR count). The van der Waals surface area contributed by atoms with Gasteiger partial charge < -0.3 is 10.2 Å². The molecule has 0 bridgehead atoms. The van der Waals surface area contributed by atoms with Gasteiger partial charge in [0.1, 0.15) is 0 Å². The largest absolute Gasteiger partial charge is 0.335 e. The van der Waals surface area contributed by atoms with Crippen molar-refractivity contribution in [2.24, 2.45) is 0 Å². The highest BCUT2D eigenvalue weighted by atomic mass is 16.2. The number of hydrogen-bond acceptors (Lipinski definition) is 2. The van der Waals surface area contributed by atoms with E-state index in [2.05, 4.69) is 5.32 Å². The quantitative estimate of drug-likeness (QED) is 0.850. The Bertz CT molecular complexity index is 534. The molecule has 0 radical (unpaired) electrons. The van der Waals surface area contributed by atoms with E-state index >= 15 is 0 Å². The second-order valence-corrected chi connectivity index (χ2v) is 5.91. The number of benzene rings is 1. The molecule has 0 heterocycles. The Morgan fingerprint density at radius 3 is 2.48 bits per heavy atom. The minimum atomic E-state index is -0.545. The van der Waals surface area contributed by atoms with Crippen molar-refractivity contribution in [2.45, 2.75) is 52.0 Å². The number of aryl methyl sites for hydroxylation is 1. The number of anilines is 1. The number of carbonyl (C=O) groups excluding carboxylic acids is 2. The molecular formula is C17H24N2O2. The van der Waals surface area contributed by atoms with Crippen molar-refractivity contribution in [2.75, 3.05) is 12.4 Å². The number of nitrogens with zero attached hydrogens (tertiary/aromatic N) is 1. The predicted octanol–water partition coefficient (Wildman–Crippen LogP) is 3.03. The highest BCUT2D eigenvalue weighted by Crippen LogP contribution is 2.22. The maximum absolute atomic E-state index is 12.3. The first-order valence-electron chi connectivity index (χ1n) is 7.65. The Morgan fingerprint density at radius 1 is 1.14 bits per heavy atom. The summed E-state index contributed by atoms with van der Waals surface area (Å²) in [5.41, 5.74) is 2.81. The summed E-state index contributed by atoms with van der Waals surface area (Å²) in [7, 11) is 1.74. The molecule has 0 aromatic heterocycles. The number of hydrogen-bond donors (Lipinski definition) is 1. The molecule has 1 N–H and O–H groups in total. The topological polar surface area (TPSA) is 49.4 Å². The van der Waals surface area contributed by atoms with Gasteiger partial charge in [-0.25, -0.2) is 0 Å². The van der Waals surface area contributed by atoms with Crippen molar-refractivity contribution < 1.29 is 9.59 Å². The zero-order chi connectivity index (χ0) is 15.4. The van der Waals surface area contributed by atoms with Crippen LogP contribution >= 0.6 is 0 Å². The molecule has 1 aliphatic carbocycles. The van der Waals surface area contributed by atoms with Crippen LogP contribution < -0.4 is 5.32 Å². The third-order valence-corrected chi connectivity index (χ3v) is 4.49. The van der Waals surface area contributed by atoms with Crippen LogP contribution in [0.3, 0.4) is 0 Å². The Labute approximate surface area is 126 Å². The summed E-state index contributed by atoms with van der Waals surface area (Å²) in [4.78, 5) is 26.0. The maximum Gasteiger partial charge on any atom is 0.313 e. The normalized spacial score (nSPS) is 15.6. The van der Waals surface area contributed by atoms with Crippen LogP contribution in [0.1, 0.15) is 43.2 Å². The molecule has 0 unspecified atom stereocenters. The van der Waals surface area contributed by atoms with Gasteiger partial charge in [0.25, 0.3) is 0 Å². The average Bonchev–Trinajstić information content (AvgIpc) is 2.51. The zero-order valence-corrected chi connectivity index (χ0v) is 13.1. The molecule has 1 saturated carbocycles. The molecule has 0 aliphatic heterocycles. The van der Waals surface area contributed by atoms with Gasteiger partial charge in [-0.15, -0.1) is 0 Å². The van der Waals surface area contributed by atoms with Crippen LogP contribution in [0.25, 0.3) is 0 Å². The average molecular weight is 288 g/mol. The van der Waals surface area contributed by atoms with E-state index < -0.39 is 11.8 Å². The first-order chi connectivity index (χ1) is 10.0. The lowest BCUT2D eigenvalue weighted by atomic mass is 9.94. The summed E-state index contributed by atoms with van der Waals surface area (Å²) >= 11 is 0. The van der Waals surface area contributed by atoms with E-state index in [0.717, 1.165) is 36.8 Å². The van der Waals surface area contributed by atoms with Crippen LogP contribution in [0.2, 0.25) is 0 Å². The molecule has 4 heteroatoms. The summed E-state index contributed by atoms with van der Waals surface area (Å²) in [5.74, 6) is -0.987. The molecule has 2 amide bonds. The summed E-state index contributed by atoms with van der Waals surface area (Å²) in [6, 6.07) is 5.90. The second-order valence-electron chi connectivity index (χ2n) is 5.91. The van der Waals surface area contributed by atoms with Crippen molar-refractivity contribution in [3.05, 3.63) is 29.3 Å². The Balaban J connectivity index is 2.02. The number of rotatable bonds is 2. The van der Waals surface area contributed by atoms with Crippen LogP contribution in [0, 0.1) is 13.8 Å². The zero-order valence-electron chi connectivity index (χ0n) is 13.1. The summed E-state index contributed by atoms with van der Waals surface area (Å²) in [6.07, 6.45) is 5.51. The fourth-order valence-electron chi connectivity index (χ4n) is 2.86. The second kappa shape index (κ2) is 6.74. The number of nitrogens with one attached hydrogen (secondary N) is 1. The van der Waals surface area contributed by atoms with Gasteiger partial charge in [0.15, 0.2) is 0 Å². The van der Waals surface area contributed by atoms with Crippen molar-refractivity contribution in [1.29, 1.82) is 0 Å². The molecule has 0 saturated heterocycles. The first-order valence-corrected chi connectivity index (χ1v) is 7.65. The summed E-state index contributed by atoms with van der Waals surface area (Å²) in [5, 5.41) is 2.74. The number of amides is 2. The Morgan fingerprint density at radius 2 is 1.81 bits per heavy atom. The van der Waals surface area contributed by atoms with Crippen LogP contribution in [-0.4, -0.2) is 29.8 Å². The lowest BCUT2D eigenvalue weighted by Gasteiger charge is -2.30. The fourth-order valence-corrected chi connectivity index (χ4v) is 2.86. The van der Waals surface area contributed by atoms with Gasteiger partial charge >= 0.3 is 11.8 Å². The van der Waals surface area contributed by atoms with E-state index in [1.165, 1.54) is 6.42 Å². The van der Waals surface area contributed by atoms with Gasteiger partial charge in [-0.05, 0) is 43.9 Å². The van der Waals surface area contributed by atoms with Gasteiger partial charge in [-0.2, -0.15) is 0 Å². The van der Waals surface area contributed by atoms with E-state index in [-0.39, 0.29) is 6.04 Å². The van der Waals surface area contributed by atoms with E-state index in [1.54, 1.807) is 11.9 Å². The molecule has 4 nitrogen and oxygen atoms in total. The standard InChI is InChI=1S/C17H24N2O2/c1-12-8-7-11-15(13(12)2)18-16(20)17(21)19(3)14-9-5-4-6-10-14/h7-8,11,14H,4-6,9-10H2,1-3H3,(H,18,20). The van der Waals surface area contributed by atoms with Crippen molar-refractivity contribution in [3.63, 3.8) is 0 Å². The van der Waals surface area contributed by atoms with Crippen molar-refractivity contribution >= 4 is 17.5 Å². The Kier molecular flexibility index (Phi) is 4.99. The van der Waals surface area contributed by atoms with Gasteiger partial charge in [0, 0.05) is 18.8 Å². The van der Waals surface area contributed by atoms with Gasteiger partial charge in [-0.1, -0.05) is 31.4 Å². The summed E-state index contributed by atoms with van der Waals surface area (Å²) in [6.45, 7) is 3.93. The predicted molar refractivity (Wildman–Crippen MR) is 84.2 cm³/mol. The minimum absolute atomic E-state index is 0.204. The highest BCUT2D eigenvalue weighted by molar-refractivity contribution is 6.39. The molecule has 1 fully saturated rings. The van der Waals surface area contributed by atoms with Crippen molar-refractivity contribution in [1.82, 2.24) is 4.90 Å². The fraction of sp³-hybridized carbons (Fsp3) is 0.529. The lowest BCUT2D eigenvalue weighted by Crippen LogP contribution is -2.44. The van der Waals surface area contributed by atoms with Crippen LogP contribution in [0.15, 0.2) is 18.2 Å². The van der Waals surface area contributed by atoms with E-state index in [4.69, 9.17) is 0 Å². The third-order valence-electron chi connectivity index (χ3n) is 4.49. The third kappa shape index (κ3) is 3.63. The Hall–Kier alpha value is -1.84. The molecule has 0 atom stereocenters. The van der Waals surface area contributed by atoms with Gasteiger partial charge in [0.2, 0.25) is 0 Å².